The summed E-state index contributed by atoms with van der Waals surface area (Å²) >= 11 is 0. The lowest BCUT2D eigenvalue weighted by Gasteiger charge is -2.24. The van der Waals surface area contributed by atoms with Crippen LogP contribution in [0.1, 0.15) is 49.7 Å². The Morgan fingerprint density at radius 1 is 1.20 bits per heavy atom. The molecule has 2 aliphatic rings. The van der Waals surface area contributed by atoms with Crippen LogP contribution in [0, 0.1) is 0 Å². The molecule has 1 aromatic heterocycles. The van der Waals surface area contributed by atoms with E-state index in [1.807, 2.05) is 4.57 Å². The fourth-order valence-electron chi connectivity index (χ4n) is 3.30. The van der Waals surface area contributed by atoms with E-state index in [0.717, 1.165) is 50.3 Å². The van der Waals surface area contributed by atoms with Gasteiger partial charge >= 0.3 is 0 Å². The minimum Gasteiger partial charge on any atom is -0.396 e. The molecule has 0 spiro atoms. The molecule has 112 valence electrons. The predicted octanol–water partition coefficient (Wildman–Crippen LogP) is 0.658. The molecule has 2 unspecified atom stereocenters. The Bertz CT molecular complexity index is 582. The lowest BCUT2D eigenvalue weighted by Crippen LogP contribution is -2.31. The summed E-state index contributed by atoms with van der Waals surface area (Å²) in [5.41, 5.74) is 0. The van der Waals surface area contributed by atoms with Crippen LogP contribution in [0.2, 0.25) is 0 Å². The highest BCUT2D eigenvalue weighted by Gasteiger charge is 2.32. The number of fused-ring (bicyclic) bond motifs is 1. The quantitative estimate of drug-likeness (QED) is 0.886. The van der Waals surface area contributed by atoms with Crippen LogP contribution in [0.5, 0.6) is 0 Å². The van der Waals surface area contributed by atoms with Gasteiger partial charge in [-0.05, 0) is 25.7 Å². The van der Waals surface area contributed by atoms with E-state index in [1.54, 1.807) is 0 Å². The largest absolute Gasteiger partial charge is 0.396 e. The fourth-order valence-corrected chi connectivity index (χ4v) is 5.17. The molecule has 3 heterocycles. The summed E-state index contributed by atoms with van der Waals surface area (Å²) in [5, 5.41) is 17.4. The first kappa shape index (κ1) is 14.0. The van der Waals surface area contributed by atoms with Gasteiger partial charge in [0.25, 0.3) is 0 Å². The number of hydrogen-bond donors (Lipinski definition) is 1. The third kappa shape index (κ3) is 2.48. The number of rotatable bonds is 3. The zero-order valence-corrected chi connectivity index (χ0v) is 12.3. The SMILES string of the molecule is O=S1(=O)CCCCC1Cc1nnc2n1CCCC2CO. The highest BCUT2D eigenvalue weighted by atomic mass is 32.2. The van der Waals surface area contributed by atoms with Crippen molar-refractivity contribution in [1.82, 2.24) is 14.8 Å². The van der Waals surface area contributed by atoms with Crippen molar-refractivity contribution in [2.24, 2.45) is 0 Å². The van der Waals surface area contributed by atoms with E-state index in [9.17, 15) is 13.5 Å². The number of sulfone groups is 1. The smallest absolute Gasteiger partial charge is 0.153 e. The van der Waals surface area contributed by atoms with Crippen molar-refractivity contribution < 1.29 is 13.5 Å². The van der Waals surface area contributed by atoms with Crippen LogP contribution < -0.4 is 0 Å². The van der Waals surface area contributed by atoms with Crippen LogP contribution in [0.15, 0.2) is 0 Å². The summed E-state index contributed by atoms with van der Waals surface area (Å²) in [5.74, 6) is 1.95. The van der Waals surface area contributed by atoms with Crippen LogP contribution in [0.4, 0.5) is 0 Å². The van der Waals surface area contributed by atoms with Crippen molar-refractivity contribution in [1.29, 1.82) is 0 Å². The van der Waals surface area contributed by atoms with Crippen LogP contribution in [0.25, 0.3) is 0 Å². The highest BCUT2D eigenvalue weighted by molar-refractivity contribution is 7.92. The predicted molar refractivity (Wildman–Crippen MR) is 74.2 cm³/mol. The van der Waals surface area contributed by atoms with Crippen LogP contribution in [-0.2, 0) is 22.8 Å². The minimum atomic E-state index is -2.98. The number of nitrogens with zero attached hydrogens (tertiary/aromatic N) is 3. The Kier molecular flexibility index (Phi) is 3.81. The number of hydrogen-bond acceptors (Lipinski definition) is 5. The maximum Gasteiger partial charge on any atom is 0.153 e. The van der Waals surface area contributed by atoms with Crippen LogP contribution in [-0.4, -0.2) is 45.9 Å². The summed E-state index contributed by atoms with van der Waals surface area (Å²) in [6.45, 7) is 0.917. The molecule has 1 fully saturated rings. The normalized spacial score (nSPS) is 29.1. The Balaban J connectivity index is 1.83. The van der Waals surface area contributed by atoms with E-state index in [-0.39, 0.29) is 17.8 Å². The van der Waals surface area contributed by atoms with Gasteiger partial charge < -0.3 is 9.67 Å². The molecular formula is C13H21N3O3S. The van der Waals surface area contributed by atoms with Crippen molar-refractivity contribution in [3.05, 3.63) is 11.6 Å². The minimum absolute atomic E-state index is 0.0490. The molecule has 2 atom stereocenters. The van der Waals surface area contributed by atoms with E-state index in [2.05, 4.69) is 10.2 Å². The summed E-state index contributed by atoms with van der Waals surface area (Å²) in [6.07, 6.45) is 4.87. The van der Waals surface area contributed by atoms with E-state index in [0.29, 0.717) is 12.2 Å². The standard InChI is InChI=1S/C13H21N3O3S/c17-9-10-4-3-6-16-12(14-15-13(10)16)8-11-5-1-2-7-20(11,18)19/h10-11,17H,1-9H2. The lowest BCUT2D eigenvalue weighted by atomic mass is 10.00. The highest BCUT2D eigenvalue weighted by Crippen LogP contribution is 2.28. The van der Waals surface area contributed by atoms with Crippen LogP contribution >= 0.6 is 0 Å². The molecule has 3 rings (SSSR count). The second-order valence-corrected chi connectivity index (χ2v) is 8.24. The van der Waals surface area contributed by atoms with E-state index >= 15 is 0 Å². The van der Waals surface area contributed by atoms with Gasteiger partial charge in [0.15, 0.2) is 9.84 Å². The molecule has 0 aliphatic carbocycles. The molecule has 1 saturated heterocycles. The van der Waals surface area contributed by atoms with E-state index in [4.69, 9.17) is 0 Å². The fraction of sp³-hybridized carbons (Fsp3) is 0.846. The average molecular weight is 299 g/mol. The third-order valence-electron chi connectivity index (χ3n) is 4.50. The Hall–Kier alpha value is -0.950. The van der Waals surface area contributed by atoms with Crippen molar-refractivity contribution >= 4 is 9.84 Å². The second-order valence-electron chi connectivity index (χ2n) is 5.84. The number of aliphatic hydroxyl groups excluding tert-OH is 1. The molecule has 20 heavy (non-hydrogen) atoms. The summed E-state index contributed by atoms with van der Waals surface area (Å²) < 4.78 is 26.2. The van der Waals surface area contributed by atoms with Crippen molar-refractivity contribution in [2.45, 2.75) is 56.2 Å². The molecule has 0 radical (unpaired) electrons. The van der Waals surface area contributed by atoms with Gasteiger partial charge in [-0.25, -0.2) is 8.42 Å². The van der Waals surface area contributed by atoms with Gasteiger partial charge in [-0.2, -0.15) is 0 Å². The molecule has 0 amide bonds. The van der Waals surface area contributed by atoms with Gasteiger partial charge in [0.05, 0.1) is 17.6 Å². The molecule has 0 saturated carbocycles. The van der Waals surface area contributed by atoms with Gasteiger partial charge in [-0.3, -0.25) is 0 Å². The molecule has 1 N–H and O–H groups in total. The van der Waals surface area contributed by atoms with E-state index in [1.165, 1.54) is 0 Å². The summed E-state index contributed by atoms with van der Waals surface area (Å²) in [6, 6.07) is 0. The number of aromatic nitrogens is 3. The van der Waals surface area contributed by atoms with Crippen LogP contribution in [0.3, 0.4) is 0 Å². The molecular weight excluding hydrogens is 278 g/mol. The van der Waals surface area contributed by atoms with Crippen molar-refractivity contribution in [3.63, 3.8) is 0 Å². The molecule has 0 aromatic carbocycles. The first-order valence-electron chi connectivity index (χ1n) is 7.36. The molecule has 0 bridgehead atoms. The van der Waals surface area contributed by atoms with Gasteiger partial charge in [0, 0.05) is 18.9 Å². The second kappa shape index (κ2) is 5.44. The lowest BCUT2D eigenvalue weighted by molar-refractivity contribution is 0.237. The third-order valence-corrected chi connectivity index (χ3v) is 6.77. The summed E-state index contributed by atoms with van der Waals surface area (Å²) in [7, 11) is -2.98. The number of aliphatic hydroxyl groups is 1. The van der Waals surface area contributed by atoms with Gasteiger partial charge in [-0.1, -0.05) is 6.42 Å². The monoisotopic (exact) mass is 299 g/mol. The average Bonchev–Trinajstić information content (AvgIpc) is 2.84. The Morgan fingerprint density at radius 2 is 2.05 bits per heavy atom. The molecule has 7 heteroatoms. The van der Waals surface area contributed by atoms with Crippen molar-refractivity contribution in [3.8, 4) is 0 Å². The topological polar surface area (TPSA) is 85.1 Å². The summed E-state index contributed by atoms with van der Waals surface area (Å²) in [4.78, 5) is 0. The molecule has 6 nitrogen and oxygen atoms in total. The van der Waals surface area contributed by atoms with E-state index < -0.39 is 9.84 Å². The van der Waals surface area contributed by atoms with Gasteiger partial charge in [-0.15, -0.1) is 10.2 Å². The Labute approximate surface area is 119 Å². The van der Waals surface area contributed by atoms with Crippen molar-refractivity contribution in [2.75, 3.05) is 12.4 Å². The maximum atomic E-state index is 12.1. The van der Waals surface area contributed by atoms with Gasteiger partial charge in [0.2, 0.25) is 0 Å². The Morgan fingerprint density at radius 3 is 2.80 bits per heavy atom. The zero-order valence-electron chi connectivity index (χ0n) is 11.5. The van der Waals surface area contributed by atoms with Gasteiger partial charge in [0.1, 0.15) is 11.6 Å². The first-order chi connectivity index (χ1) is 9.62. The maximum absolute atomic E-state index is 12.1. The molecule has 2 aliphatic heterocycles. The zero-order chi connectivity index (χ0) is 14.2. The molecule has 1 aromatic rings. The first-order valence-corrected chi connectivity index (χ1v) is 9.08.